The lowest BCUT2D eigenvalue weighted by Gasteiger charge is -2.11. The fourth-order valence-electron chi connectivity index (χ4n) is 2.74. The molecule has 0 fully saturated rings. The molecule has 0 bridgehead atoms. The van der Waals surface area contributed by atoms with E-state index in [0.29, 0.717) is 17.9 Å². The minimum Gasteiger partial charge on any atom is -0.457 e. The van der Waals surface area contributed by atoms with Gasteiger partial charge in [0.05, 0.1) is 0 Å². The van der Waals surface area contributed by atoms with Gasteiger partial charge in [0.2, 0.25) is 0 Å². The van der Waals surface area contributed by atoms with Crippen molar-refractivity contribution in [3.8, 4) is 11.5 Å². The van der Waals surface area contributed by atoms with E-state index in [1.54, 1.807) is 12.1 Å². The highest BCUT2D eigenvalue weighted by Crippen LogP contribution is 2.21. The summed E-state index contributed by atoms with van der Waals surface area (Å²) in [5, 5.41) is 2.96. The highest BCUT2D eigenvalue weighted by atomic mass is 16.5. The van der Waals surface area contributed by atoms with Gasteiger partial charge in [0.25, 0.3) is 5.91 Å². The van der Waals surface area contributed by atoms with Crippen molar-refractivity contribution in [2.45, 2.75) is 13.1 Å². The Labute approximate surface area is 160 Å². The number of carbonyl (C=O) groups excluding carboxylic acids is 1. The predicted molar refractivity (Wildman–Crippen MR) is 108 cm³/mol. The van der Waals surface area contributed by atoms with Crippen LogP contribution in [0.5, 0.6) is 11.5 Å². The van der Waals surface area contributed by atoms with Crippen LogP contribution in [0.25, 0.3) is 0 Å². The SMILES string of the molecule is CN(C)Cc1ccc(CNC(=O)c2cccc(Oc3ccccc3)c2)cc1. The third-order valence-electron chi connectivity index (χ3n) is 4.05. The summed E-state index contributed by atoms with van der Waals surface area (Å²) >= 11 is 0. The molecule has 27 heavy (non-hydrogen) atoms. The molecule has 138 valence electrons. The van der Waals surface area contributed by atoms with Crippen LogP contribution in [0.2, 0.25) is 0 Å². The molecule has 0 aliphatic carbocycles. The summed E-state index contributed by atoms with van der Waals surface area (Å²) in [4.78, 5) is 14.6. The van der Waals surface area contributed by atoms with Gasteiger partial charge in [0.1, 0.15) is 11.5 Å². The van der Waals surface area contributed by atoms with Crippen LogP contribution in [-0.2, 0) is 13.1 Å². The number of carbonyl (C=O) groups is 1. The van der Waals surface area contributed by atoms with Crippen molar-refractivity contribution in [3.05, 3.63) is 95.6 Å². The maximum Gasteiger partial charge on any atom is 0.251 e. The monoisotopic (exact) mass is 360 g/mol. The summed E-state index contributed by atoms with van der Waals surface area (Å²) in [5.41, 5.74) is 2.90. The molecule has 0 saturated heterocycles. The van der Waals surface area contributed by atoms with Crippen LogP contribution < -0.4 is 10.1 Å². The van der Waals surface area contributed by atoms with Crippen molar-refractivity contribution >= 4 is 5.91 Å². The highest BCUT2D eigenvalue weighted by molar-refractivity contribution is 5.94. The zero-order valence-electron chi connectivity index (χ0n) is 15.7. The topological polar surface area (TPSA) is 41.6 Å². The van der Waals surface area contributed by atoms with Crippen LogP contribution >= 0.6 is 0 Å². The summed E-state index contributed by atoms with van der Waals surface area (Å²) in [6.45, 7) is 1.39. The molecule has 1 N–H and O–H groups in total. The molecule has 3 rings (SSSR count). The third-order valence-corrected chi connectivity index (χ3v) is 4.05. The Balaban J connectivity index is 1.58. The van der Waals surface area contributed by atoms with Crippen LogP contribution in [-0.4, -0.2) is 24.9 Å². The first-order valence-corrected chi connectivity index (χ1v) is 8.94. The molecular formula is C23H24N2O2. The predicted octanol–water partition coefficient (Wildman–Crippen LogP) is 4.47. The maximum absolute atomic E-state index is 12.5. The van der Waals surface area contributed by atoms with Crippen LogP contribution in [0, 0.1) is 0 Å². The highest BCUT2D eigenvalue weighted by Gasteiger charge is 2.07. The van der Waals surface area contributed by atoms with E-state index >= 15 is 0 Å². The van der Waals surface area contributed by atoms with Gasteiger partial charge in [-0.05, 0) is 55.6 Å². The van der Waals surface area contributed by atoms with E-state index in [0.717, 1.165) is 17.9 Å². The molecule has 3 aromatic carbocycles. The molecule has 0 spiro atoms. The van der Waals surface area contributed by atoms with Gasteiger partial charge < -0.3 is 15.0 Å². The summed E-state index contributed by atoms with van der Waals surface area (Å²) < 4.78 is 5.79. The Hall–Kier alpha value is -3.11. The minimum absolute atomic E-state index is 0.120. The summed E-state index contributed by atoms with van der Waals surface area (Å²) in [5.74, 6) is 1.26. The fraction of sp³-hybridized carbons (Fsp3) is 0.174. The Bertz CT molecular complexity index is 874. The van der Waals surface area contributed by atoms with E-state index in [4.69, 9.17) is 4.74 Å². The van der Waals surface area contributed by atoms with Gasteiger partial charge in [-0.2, -0.15) is 0 Å². The fourth-order valence-corrected chi connectivity index (χ4v) is 2.74. The molecule has 4 heteroatoms. The second kappa shape index (κ2) is 9.01. The first kappa shape index (κ1) is 18.7. The number of hydrogen-bond acceptors (Lipinski definition) is 3. The van der Waals surface area contributed by atoms with Crippen LogP contribution in [0.1, 0.15) is 21.5 Å². The van der Waals surface area contributed by atoms with Crippen LogP contribution in [0.3, 0.4) is 0 Å². The lowest BCUT2D eigenvalue weighted by Crippen LogP contribution is -2.22. The molecule has 0 aliphatic rings. The molecule has 0 aromatic heterocycles. The number of benzene rings is 3. The third kappa shape index (κ3) is 5.69. The molecule has 1 amide bonds. The first-order valence-electron chi connectivity index (χ1n) is 8.94. The summed E-state index contributed by atoms with van der Waals surface area (Å²) in [6, 6.07) is 25.0. The average molecular weight is 360 g/mol. The molecule has 0 unspecified atom stereocenters. The van der Waals surface area contributed by atoms with Gasteiger partial charge in [-0.25, -0.2) is 0 Å². The standard InChI is InChI=1S/C23H24N2O2/c1-25(2)17-19-13-11-18(12-14-19)16-24-23(26)20-7-6-10-22(15-20)27-21-8-4-3-5-9-21/h3-15H,16-17H2,1-2H3,(H,24,26). The van der Waals surface area contributed by atoms with Crippen molar-refractivity contribution in [2.75, 3.05) is 14.1 Å². The van der Waals surface area contributed by atoms with Gasteiger partial charge in [-0.15, -0.1) is 0 Å². The van der Waals surface area contributed by atoms with Crippen molar-refractivity contribution in [3.63, 3.8) is 0 Å². The van der Waals surface area contributed by atoms with Gasteiger partial charge in [-0.3, -0.25) is 4.79 Å². The summed E-state index contributed by atoms with van der Waals surface area (Å²) in [6.07, 6.45) is 0. The Morgan fingerprint density at radius 3 is 2.22 bits per heavy atom. The number of amides is 1. The first-order chi connectivity index (χ1) is 13.1. The number of ether oxygens (including phenoxy) is 1. The van der Waals surface area contributed by atoms with Gasteiger partial charge >= 0.3 is 0 Å². The number of nitrogens with zero attached hydrogens (tertiary/aromatic N) is 1. The second-order valence-corrected chi connectivity index (χ2v) is 6.68. The van der Waals surface area contributed by atoms with Crippen LogP contribution in [0.4, 0.5) is 0 Å². The van der Waals surface area contributed by atoms with Gasteiger partial charge in [-0.1, -0.05) is 48.5 Å². The van der Waals surface area contributed by atoms with Crippen molar-refractivity contribution in [1.82, 2.24) is 10.2 Å². The van der Waals surface area contributed by atoms with Crippen molar-refractivity contribution in [2.24, 2.45) is 0 Å². The zero-order chi connectivity index (χ0) is 19.1. The van der Waals surface area contributed by atoms with E-state index < -0.39 is 0 Å². The quantitative estimate of drug-likeness (QED) is 0.676. The number of rotatable bonds is 7. The maximum atomic E-state index is 12.5. The normalized spacial score (nSPS) is 10.6. The van der Waals surface area contributed by atoms with E-state index in [1.165, 1.54) is 5.56 Å². The number of para-hydroxylation sites is 1. The Morgan fingerprint density at radius 1 is 0.852 bits per heavy atom. The largest absolute Gasteiger partial charge is 0.457 e. The molecule has 0 aliphatic heterocycles. The molecule has 4 nitrogen and oxygen atoms in total. The van der Waals surface area contributed by atoms with Crippen molar-refractivity contribution < 1.29 is 9.53 Å². The molecule has 0 saturated carbocycles. The van der Waals surface area contributed by atoms with E-state index in [2.05, 4.69) is 22.3 Å². The summed E-state index contributed by atoms with van der Waals surface area (Å²) in [7, 11) is 4.09. The minimum atomic E-state index is -0.120. The van der Waals surface area contributed by atoms with E-state index in [9.17, 15) is 4.79 Å². The van der Waals surface area contributed by atoms with E-state index in [-0.39, 0.29) is 5.91 Å². The molecular weight excluding hydrogens is 336 g/mol. The zero-order valence-corrected chi connectivity index (χ0v) is 15.7. The second-order valence-electron chi connectivity index (χ2n) is 6.68. The van der Waals surface area contributed by atoms with E-state index in [1.807, 2.05) is 68.7 Å². The van der Waals surface area contributed by atoms with Gasteiger partial charge in [0, 0.05) is 18.7 Å². The molecule has 0 heterocycles. The molecule has 3 aromatic rings. The Kier molecular flexibility index (Phi) is 6.23. The Morgan fingerprint density at radius 2 is 1.52 bits per heavy atom. The number of hydrogen-bond donors (Lipinski definition) is 1. The molecule has 0 atom stereocenters. The van der Waals surface area contributed by atoms with Crippen molar-refractivity contribution in [1.29, 1.82) is 0 Å². The lowest BCUT2D eigenvalue weighted by atomic mass is 10.1. The smallest absolute Gasteiger partial charge is 0.251 e. The lowest BCUT2D eigenvalue weighted by molar-refractivity contribution is 0.0950. The number of nitrogens with one attached hydrogen (secondary N) is 1. The van der Waals surface area contributed by atoms with Gasteiger partial charge in [0.15, 0.2) is 0 Å². The average Bonchev–Trinajstić information content (AvgIpc) is 2.68. The molecule has 0 radical (unpaired) electrons. The van der Waals surface area contributed by atoms with Crippen LogP contribution in [0.15, 0.2) is 78.9 Å².